The number of aryl methyl sites for hydroxylation is 1. The van der Waals surface area contributed by atoms with Crippen LogP contribution in [0.2, 0.25) is 0 Å². The van der Waals surface area contributed by atoms with Crippen LogP contribution in [-0.4, -0.2) is 58.9 Å². The average molecular weight is 378 g/mol. The van der Waals surface area contributed by atoms with Crippen LogP contribution in [0.4, 0.5) is 0 Å². The second-order valence-corrected chi connectivity index (χ2v) is 8.34. The molecule has 8 nitrogen and oxygen atoms in total. The van der Waals surface area contributed by atoms with Crippen LogP contribution < -0.4 is 4.74 Å². The summed E-state index contributed by atoms with van der Waals surface area (Å²) in [4.78, 5) is 14.3. The zero-order valence-corrected chi connectivity index (χ0v) is 15.6. The normalized spacial score (nSPS) is 15.8. The summed E-state index contributed by atoms with van der Waals surface area (Å²) >= 11 is 0. The predicted octanol–water partition coefficient (Wildman–Crippen LogP) is 1.29. The number of hydrogen-bond donors (Lipinski definition) is 0. The molecule has 0 radical (unpaired) electrons. The Labute approximate surface area is 152 Å². The Bertz CT molecular complexity index is 868. The molecule has 1 amide bonds. The summed E-state index contributed by atoms with van der Waals surface area (Å²) in [5.41, 5.74) is 0.572. The van der Waals surface area contributed by atoms with Crippen molar-refractivity contribution >= 4 is 15.7 Å². The van der Waals surface area contributed by atoms with Crippen LogP contribution in [0.1, 0.15) is 30.1 Å². The Morgan fingerprint density at radius 2 is 1.88 bits per heavy atom. The van der Waals surface area contributed by atoms with E-state index >= 15 is 0 Å². The van der Waals surface area contributed by atoms with E-state index in [-0.39, 0.29) is 11.1 Å². The van der Waals surface area contributed by atoms with Crippen molar-refractivity contribution in [1.29, 1.82) is 0 Å². The molecule has 0 aliphatic carbocycles. The maximum Gasteiger partial charge on any atom is 0.253 e. The molecule has 3 rings (SSSR count). The second kappa shape index (κ2) is 7.45. The van der Waals surface area contributed by atoms with E-state index in [4.69, 9.17) is 4.74 Å². The zero-order valence-electron chi connectivity index (χ0n) is 14.8. The average Bonchev–Trinajstić information content (AvgIpc) is 3.09. The number of benzene rings is 1. The molecule has 2 heterocycles. The molecule has 1 saturated heterocycles. The van der Waals surface area contributed by atoms with E-state index in [0.29, 0.717) is 38.1 Å². The summed E-state index contributed by atoms with van der Waals surface area (Å²) in [5, 5.41) is 6.80. The lowest BCUT2D eigenvalue weighted by Gasteiger charge is -2.31. The molecule has 0 N–H and O–H groups in total. The van der Waals surface area contributed by atoms with Gasteiger partial charge in [0, 0.05) is 25.7 Å². The highest BCUT2D eigenvalue weighted by Crippen LogP contribution is 2.24. The van der Waals surface area contributed by atoms with Crippen LogP contribution in [-0.2, 0) is 16.9 Å². The van der Waals surface area contributed by atoms with Gasteiger partial charge in [0.1, 0.15) is 12.1 Å². The largest absolute Gasteiger partial charge is 0.494 e. The zero-order chi connectivity index (χ0) is 18.7. The van der Waals surface area contributed by atoms with Crippen molar-refractivity contribution in [3.63, 3.8) is 0 Å². The SMILES string of the molecule is CCOc1ccc(C(=O)N2CCC(S(=O)(=O)c3nncn3C)CC2)cc1. The molecule has 2 aromatic rings. The molecule has 26 heavy (non-hydrogen) atoms. The molecule has 1 aromatic heterocycles. The first kappa shape index (κ1) is 18.4. The highest BCUT2D eigenvalue weighted by atomic mass is 32.2. The van der Waals surface area contributed by atoms with Crippen LogP contribution in [0.15, 0.2) is 35.7 Å². The Morgan fingerprint density at radius 1 is 1.23 bits per heavy atom. The third-order valence-corrected chi connectivity index (χ3v) is 6.73. The lowest BCUT2D eigenvalue weighted by atomic mass is 10.1. The minimum Gasteiger partial charge on any atom is -0.494 e. The smallest absolute Gasteiger partial charge is 0.253 e. The van der Waals surface area contributed by atoms with E-state index in [1.807, 2.05) is 6.92 Å². The minimum atomic E-state index is -3.54. The highest BCUT2D eigenvalue weighted by molar-refractivity contribution is 7.91. The summed E-state index contributed by atoms with van der Waals surface area (Å²) in [6, 6.07) is 7.00. The molecule has 1 aromatic carbocycles. The Balaban J connectivity index is 1.64. The molecule has 9 heteroatoms. The highest BCUT2D eigenvalue weighted by Gasteiger charge is 2.35. The van der Waals surface area contributed by atoms with E-state index in [1.165, 1.54) is 10.9 Å². The number of carbonyl (C=O) groups is 1. The van der Waals surface area contributed by atoms with Gasteiger partial charge in [-0.15, -0.1) is 10.2 Å². The number of sulfone groups is 1. The fourth-order valence-corrected chi connectivity index (χ4v) is 4.83. The van der Waals surface area contributed by atoms with Crippen molar-refractivity contribution in [3.8, 4) is 5.75 Å². The van der Waals surface area contributed by atoms with E-state index < -0.39 is 15.1 Å². The van der Waals surface area contributed by atoms with Gasteiger partial charge < -0.3 is 14.2 Å². The molecule has 0 bridgehead atoms. The van der Waals surface area contributed by atoms with Crippen molar-refractivity contribution in [2.45, 2.75) is 30.2 Å². The fraction of sp³-hybridized carbons (Fsp3) is 0.471. The number of amides is 1. The third-order valence-electron chi connectivity index (χ3n) is 4.50. The van der Waals surface area contributed by atoms with Crippen LogP contribution in [0, 0.1) is 0 Å². The number of ether oxygens (including phenoxy) is 1. The van der Waals surface area contributed by atoms with Crippen molar-refractivity contribution in [2.75, 3.05) is 19.7 Å². The molecule has 0 unspecified atom stereocenters. The first-order valence-corrected chi connectivity index (χ1v) is 10.1. The van der Waals surface area contributed by atoms with Crippen LogP contribution >= 0.6 is 0 Å². The van der Waals surface area contributed by atoms with Gasteiger partial charge in [0.25, 0.3) is 5.91 Å². The standard InChI is InChI=1S/C17H22N4O4S/c1-3-25-14-6-4-13(5-7-14)16(22)21-10-8-15(9-11-21)26(23,24)17-19-18-12-20(17)2/h4-7,12,15H,3,8-11H2,1-2H3. The molecule has 140 valence electrons. The van der Waals surface area contributed by atoms with Crippen LogP contribution in [0.5, 0.6) is 5.75 Å². The summed E-state index contributed by atoms with van der Waals surface area (Å²) in [6.07, 6.45) is 2.15. The Hall–Kier alpha value is -2.42. The number of rotatable bonds is 5. The monoisotopic (exact) mass is 378 g/mol. The number of carbonyl (C=O) groups excluding carboxylic acids is 1. The third kappa shape index (κ3) is 3.57. The fourth-order valence-electron chi connectivity index (χ4n) is 3.09. The second-order valence-electron chi connectivity index (χ2n) is 6.22. The summed E-state index contributed by atoms with van der Waals surface area (Å²) in [6.45, 7) is 3.26. The first-order valence-electron chi connectivity index (χ1n) is 8.53. The quantitative estimate of drug-likeness (QED) is 0.778. The van der Waals surface area contributed by atoms with E-state index in [1.54, 1.807) is 36.2 Å². The molecule has 0 atom stereocenters. The van der Waals surface area contributed by atoms with Crippen molar-refractivity contribution in [2.24, 2.45) is 7.05 Å². The van der Waals surface area contributed by atoms with Crippen molar-refractivity contribution in [1.82, 2.24) is 19.7 Å². The summed E-state index contributed by atoms with van der Waals surface area (Å²) < 4.78 is 32.1. The maximum atomic E-state index is 12.7. The van der Waals surface area contributed by atoms with Crippen LogP contribution in [0.25, 0.3) is 0 Å². The van der Waals surface area contributed by atoms with Gasteiger partial charge in [0.2, 0.25) is 15.0 Å². The van der Waals surface area contributed by atoms with Gasteiger partial charge in [-0.05, 0) is 44.0 Å². The molecule has 0 saturated carbocycles. The minimum absolute atomic E-state index is 0.0196. The molecular weight excluding hydrogens is 356 g/mol. The van der Waals surface area contributed by atoms with Gasteiger partial charge in [-0.2, -0.15) is 0 Å². The van der Waals surface area contributed by atoms with Crippen LogP contribution in [0.3, 0.4) is 0 Å². The molecule has 1 aliphatic heterocycles. The predicted molar refractivity (Wildman–Crippen MR) is 94.7 cm³/mol. The lowest BCUT2D eigenvalue weighted by molar-refractivity contribution is 0.0725. The number of piperidine rings is 1. The molecule has 1 aliphatic rings. The molecule has 0 spiro atoms. The Morgan fingerprint density at radius 3 is 2.42 bits per heavy atom. The van der Waals surface area contributed by atoms with Gasteiger partial charge in [0.15, 0.2) is 0 Å². The number of likely N-dealkylation sites (tertiary alicyclic amines) is 1. The number of hydrogen-bond acceptors (Lipinski definition) is 6. The van der Waals surface area contributed by atoms with E-state index in [9.17, 15) is 13.2 Å². The molecular formula is C17H22N4O4S. The van der Waals surface area contributed by atoms with Gasteiger partial charge in [-0.25, -0.2) is 8.42 Å². The first-order chi connectivity index (χ1) is 12.4. The van der Waals surface area contributed by atoms with E-state index in [0.717, 1.165) is 5.75 Å². The number of aromatic nitrogens is 3. The number of nitrogens with zero attached hydrogens (tertiary/aromatic N) is 4. The van der Waals surface area contributed by atoms with Crippen molar-refractivity contribution in [3.05, 3.63) is 36.2 Å². The topological polar surface area (TPSA) is 94.4 Å². The van der Waals surface area contributed by atoms with Gasteiger partial charge >= 0.3 is 0 Å². The van der Waals surface area contributed by atoms with Gasteiger partial charge in [0.05, 0.1) is 11.9 Å². The Kier molecular flexibility index (Phi) is 5.26. The summed E-state index contributed by atoms with van der Waals surface area (Å²) in [7, 11) is -1.93. The molecule has 1 fully saturated rings. The van der Waals surface area contributed by atoms with Crippen molar-refractivity contribution < 1.29 is 17.9 Å². The summed E-state index contributed by atoms with van der Waals surface area (Å²) in [5.74, 6) is 0.625. The van der Waals surface area contributed by atoms with Gasteiger partial charge in [-0.1, -0.05) is 0 Å². The maximum absolute atomic E-state index is 12.7. The lowest BCUT2D eigenvalue weighted by Crippen LogP contribution is -2.42. The van der Waals surface area contributed by atoms with Gasteiger partial charge in [-0.3, -0.25) is 4.79 Å². The van der Waals surface area contributed by atoms with E-state index in [2.05, 4.69) is 10.2 Å².